The zero-order valence-electron chi connectivity index (χ0n) is 14.2. The second-order valence-electron chi connectivity index (χ2n) is 9.08. The van der Waals surface area contributed by atoms with Crippen molar-refractivity contribution in [1.29, 1.82) is 0 Å². The number of benzene rings is 1. The molecule has 0 aromatic heterocycles. The molecule has 0 spiro atoms. The molecule has 1 aromatic carbocycles. The van der Waals surface area contributed by atoms with E-state index >= 15 is 0 Å². The summed E-state index contributed by atoms with van der Waals surface area (Å²) in [5.41, 5.74) is 7.58. The lowest BCUT2D eigenvalue weighted by Gasteiger charge is -2.43. The molecular formula is C21H28. The van der Waals surface area contributed by atoms with Gasteiger partial charge in [0.1, 0.15) is 0 Å². The van der Waals surface area contributed by atoms with Gasteiger partial charge in [-0.2, -0.15) is 0 Å². The SMILES string of the molecule is Cc1cc2c(cc1C13CC=CC1C3)C(C)(C)CCC2(C)C. The molecule has 0 amide bonds. The van der Waals surface area contributed by atoms with Crippen LogP contribution in [0.2, 0.25) is 0 Å². The Morgan fingerprint density at radius 2 is 1.52 bits per heavy atom. The molecule has 2 atom stereocenters. The zero-order chi connectivity index (χ0) is 15.0. The van der Waals surface area contributed by atoms with E-state index in [0.29, 0.717) is 16.2 Å². The van der Waals surface area contributed by atoms with Crippen molar-refractivity contribution in [2.45, 2.75) is 76.5 Å². The smallest absolute Gasteiger partial charge is 0.00591 e. The molecule has 0 N–H and O–H groups in total. The van der Waals surface area contributed by atoms with Gasteiger partial charge in [0, 0.05) is 5.41 Å². The van der Waals surface area contributed by atoms with Gasteiger partial charge in [0.25, 0.3) is 0 Å². The Labute approximate surface area is 129 Å². The predicted octanol–water partition coefficient (Wildman–Crippen LogP) is 5.56. The maximum Gasteiger partial charge on any atom is 0.00591 e. The molecule has 0 aliphatic heterocycles. The molecule has 2 unspecified atom stereocenters. The number of allylic oxidation sites excluding steroid dienone is 2. The third kappa shape index (κ3) is 1.74. The van der Waals surface area contributed by atoms with E-state index in [-0.39, 0.29) is 0 Å². The molecule has 3 aliphatic rings. The second kappa shape index (κ2) is 3.83. The van der Waals surface area contributed by atoms with Crippen LogP contribution in [0.1, 0.15) is 75.6 Å². The summed E-state index contributed by atoms with van der Waals surface area (Å²) in [7, 11) is 0. The van der Waals surface area contributed by atoms with Gasteiger partial charge in [-0.1, -0.05) is 52.0 Å². The Balaban J connectivity index is 1.90. The summed E-state index contributed by atoms with van der Waals surface area (Å²) >= 11 is 0. The van der Waals surface area contributed by atoms with Crippen LogP contribution in [-0.2, 0) is 16.2 Å². The van der Waals surface area contributed by atoms with Gasteiger partial charge in [-0.3, -0.25) is 0 Å². The minimum Gasteiger partial charge on any atom is -0.0873 e. The molecule has 0 bridgehead atoms. The van der Waals surface area contributed by atoms with Gasteiger partial charge in [-0.25, -0.2) is 0 Å². The number of hydrogen-bond donors (Lipinski definition) is 0. The topological polar surface area (TPSA) is 0 Å². The number of hydrogen-bond acceptors (Lipinski definition) is 0. The van der Waals surface area contributed by atoms with Crippen molar-refractivity contribution in [1.82, 2.24) is 0 Å². The quantitative estimate of drug-likeness (QED) is 0.591. The van der Waals surface area contributed by atoms with Gasteiger partial charge in [0.05, 0.1) is 0 Å². The van der Waals surface area contributed by atoms with E-state index in [0.717, 1.165) is 5.92 Å². The highest BCUT2D eigenvalue weighted by Gasteiger charge is 2.56. The fraction of sp³-hybridized carbons (Fsp3) is 0.619. The van der Waals surface area contributed by atoms with Crippen LogP contribution in [-0.4, -0.2) is 0 Å². The molecule has 3 aliphatic carbocycles. The standard InChI is InChI=1S/C21H28/c1-14-11-17-18(20(4,5)10-9-19(17,2)3)12-16(14)21-8-6-7-15(21)13-21/h6-7,11-12,15H,8-10,13H2,1-5H3. The Hall–Kier alpha value is -1.04. The molecule has 0 radical (unpaired) electrons. The van der Waals surface area contributed by atoms with Crippen LogP contribution in [0, 0.1) is 12.8 Å². The van der Waals surface area contributed by atoms with E-state index in [4.69, 9.17) is 0 Å². The highest BCUT2D eigenvalue weighted by Crippen LogP contribution is 2.62. The summed E-state index contributed by atoms with van der Waals surface area (Å²) in [5, 5.41) is 0. The van der Waals surface area contributed by atoms with Gasteiger partial charge in [-0.05, 0) is 71.6 Å². The summed E-state index contributed by atoms with van der Waals surface area (Å²) in [4.78, 5) is 0. The van der Waals surface area contributed by atoms with Crippen LogP contribution in [0.3, 0.4) is 0 Å². The second-order valence-corrected chi connectivity index (χ2v) is 9.08. The van der Waals surface area contributed by atoms with Crippen LogP contribution in [0.4, 0.5) is 0 Å². The first-order chi connectivity index (χ1) is 9.76. The Kier molecular flexibility index (Phi) is 2.48. The van der Waals surface area contributed by atoms with Gasteiger partial charge in [-0.15, -0.1) is 0 Å². The third-order valence-electron chi connectivity index (χ3n) is 6.72. The summed E-state index contributed by atoms with van der Waals surface area (Å²) in [6.45, 7) is 12.1. The highest BCUT2D eigenvalue weighted by atomic mass is 14.6. The molecule has 0 nitrogen and oxygen atoms in total. The fourth-order valence-electron chi connectivity index (χ4n) is 4.94. The van der Waals surface area contributed by atoms with Crippen molar-refractivity contribution in [2.24, 2.45) is 5.92 Å². The first-order valence-corrected chi connectivity index (χ1v) is 8.59. The van der Waals surface area contributed by atoms with Crippen molar-refractivity contribution in [3.05, 3.63) is 46.5 Å². The monoisotopic (exact) mass is 280 g/mol. The van der Waals surface area contributed by atoms with Crippen LogP contribution < -0.4 is 0 Å². The number of fused-ring (bicyclic) bond motifs is 2. The molecule has 1 aromatic rings. The van der Waals surface area contributed by atoms with Crippen LogP contribution in [0.5, 0.6) is 0 Å². The lowest BCUT2D eigenvalue weighted by atomic mass is 9.62. The molecule has 0 heterocycles. The molecule has 0 heteroatoms. The van der Waals surface area contributed by atoms with Crippen LogP contribution >= 0.6 is 0 Å². The van der Waals surface area contributed by atoms with Crippen molar-refractivity contribution in [2.75, 3.05) is 0 Å². The fourth-order valence-corrected chi connectivity index (χ4v) is 4.94. The van der Waals surface area contributed by atoms with Gasteiger partial charge >= 0.3 is 0 Å². The minimum absolute atomic E-state index is 0.334. The largest absolute Gasteiger partial charge is 0.0873 e. The van der Waals surface area contributed by atoms with E-state index in [1.54, 1.807) is 16.7 Å². The first kappa shape index (κ1) is 13.6. The summed E-state index contributed by atoms with van der Waals surface area (Å²) in [6, 6.07) is 5.15. The summed E-state index contributed by atoms with van der Waals surface area (Å²) < 4.78 is 0. The van der Waals surface area contributed by atoms with E-state index < -0.39 is 0 Å². The number of rotatable bonds is 1. The van der Waals surface area contributed by atoms with E-state index in [2.05, 4.69) is 58.9 Å². The predicted molar refractivity (Wildman–Crippen MR) is 90.0 cm³/mol. The lowest BCUT2D eigenvalue weighted by Crippen LogP contribution is -2.34. The van der Waals surface area contributed by atoms with Crippen molar-refractivity contribution >= 4 is 0 Å². The van der Waals surface area contributed by atoms with Gasteiger partial charge in [0.2, 0.25) is 0 Å². The average Bonchev–Trinajstić information content (AvgIpc) is 2.97. The molecule has 4 rings (SSSR count). The normalized spacial score (nSPS) is 34.4. The first-order valence-electron chi connectivity index (χ1n) is 8.59. The zero-order valence-corrected chi connectivity index (χ0v) is 14.2. The lowest BCUT2D eigenvalue weighted by molar-refractivity contribution is 0.331. The summed E-state index contributed by atoms with van der Waals surface area (Å²) in [5.74, 6) is 0.828. The van der Waals surface area contributed by atoms with E-state index in [9.17, 15) is 0 Å². The van der Waals surface area contributed by atoms with Crippen molar-refractivity contribution < 1.29 is 0 Å². The van der Waals surface area contributed by atoms with Gasteiger partial charge < -0.3 is 0 Å². The van der Waals surface area contributed by atoms with Crippen molar-refractivity contribution in [3.8, 4) is 0 Å². The maximum atomic E-state index is 2.61. The maximum absolute atomic E-state index is 2.61. The minimum atomic E-state index is 0.334. The van der Waals surface area contributed by atoms with E-state index in [1.165, 1.54) is 31.2 Å². The van der Waals surface area contributed by atoms with Crippen molar-refractivity contribution in [3.63, 3.8) is 0 Å². The molecule has 21 heavy (non-hydrogen) atoms. The molecular weight excluding hydrogens is 252 g/mol. The highest BCUT2D eigenvalue weighted by molar-refractivity contribution is 5.53. The van der Waals surface area contributed by atoms with Crippen LogP contribution in [0.15, 0.2) is 24.3 Å². The summed E-state index contributed by atoms with van der Waals surface area (Å²) in [6.07, 6.45) is 10.1. The Morgan fingerprint density at radius 3 is 2.05 bits per heavy atom. The molecule has 0 saturated heterocycles. The third-order valence-corrected chi connectivity index (χ3v) is 6.72. The number of aryl methyl sites for hydroxylation is 1. The average molecular weight is 280 g/mol. The van der Waals surface area contributed by atoms with Crippen LogP contribution in [0.25, 0.3) is 0 Å². The van der Waals surface area contributed by atoms with Gasteiger partial charge in [0.15, 0.2) is 0 Å². The molecule has 112 valence electrons. The Morgan fingerprint density at radius 1 is 0.905 bits per heavy atom. The van der Waals surface area contributed by atoms with E-state index in [1.807, 2.05) is 0 Å². The molecule has 1 saturated carbocycles. The molecule has 1 fully saturated rings. The Bertz CT molecular complexity index is 644.